The smallest absolute Gasteiger partial charge is 0.238 e. The molecule has 2 aromatic rings. The lowest BCUT2D eigenvalue weighted by Gasteiger charge is -2.10. The number of H-pyrrole nitrogens is 1. The molecule has 0 saturated carbocycles. The zero-order valence-electron chi connectivity index (χ0n) is 10.3. The van der Waals surface area contributed by atoms with Crippen molar-refractivity contribution >= 4 is 21.4 Å². The van der Waals surface area contributed by atoms with Gasteiger partial charge in [0, 0.05) is 17.8 Å². The van der Waals surface area contributed by atoms with E-state index in [1.54, 1.807) is 6.20 Å². The number of aromatic amines is 1. The van der Waals surface area contributed by atoms with Crippen molar-refractivity contribution in [3.8, 4) is 0 Å². The van der Waals surface area contributed by atoms with Crippen LogP contribution in [0, 0.1) is 6.92 Å². The van der Waals surface area contributed by atoms with Crippen molar-refractivity contribution in [1.29, 1.82) is 0 Å². The third-order valence-corrected chi connectivity index (χ3v) is 3.67. The minimum Gasteiger partial charge on any atom is -0.397 e. The Morgan fingerprint density at radius 1 is 1.42 bits per heavy atom. The molecule has 0 unspecified atom stereocenters. The molecule has 102 valence electrons. The second-order valence-corrected chi connectivity index (χ2v) is 5.73. The summed E-state index contributed by atoms with van der Waals surface area (Å²) >= 11 is 0. The maximum atomic E-state index is 11.3. The quantitative estimate of drug-likeness (QED) is 0.609. The Balaban J connectivity index is 2.23. The van der Waals surface area contributed by atoms with Gasteiger partial charge in [0.2, 0.25) is 10.0 Å². The molecule has 0 spiro atoms. The highest BCUT2D eigenvalue weighted by Gasteiger charge is 2.10. The maximum absolute atomic E-state index is 11.3. The van der Waals surface area contributed by atoms with Gasteiger partial charge in [-0.1, -0.05) is 0 Å². The molecule has 0 saturated heterocycles. The van der Waals surface area contributed by atoms with E-state index in [2.05, 4.69) is 15.5 Å². The van der Waals surface area contributed by atoms with Gasteiger partial charge in [-0.25, -0.2) is 13.6 Å². The number of nitrogens with two attached hydrogens (primary N) is 2. The highest BCUT2D eigenvalue weighted by Crippen LogP contribution is 2.23. The average molecular weight is 281 g/mol. The highest BCUT2D eigenvalue weighted by molar-refractivity contribution is 7.89. The van der Waals surface area contributed by atoms with Crippen molar-refractivity contribution in [3.05, 3.63) is 35.7 Å². The molecule has 2 rings (SSSR count). The van der Waals surface area contributed by atoms with Gasteiger partial charge >= 0.3 is 0 Å². The molecule has 7 nitrogen and oxygen atoms in total. The molecule has 1 heterocycles. The number of rotatable bonds is 4. The summed E-state index contributed by atoms with van der Waals surface area (Å²) in [5.74, 6) is 0. The number of nitrogen functional groups attached to an aromatic ring is 1. The van der Waals surface area contributed by atoms with Gasteiger partial charge in [-0.05, 0) is 25.1 Å². The lowest BCUT2D eigenvalue weighted by Crippen LogP contribution is -2.13. The Morgan fingerprint density at radius 3 is 2.74 bits per heavy atom. The maximum Gasteiger partial charge on any atom is 0.238 e. The van der Waals surface area contributed by atoms with Gasteiger partial charge < -0.3 is 11.1 Å². The second-order valence-electron chi connectivity index (χ2n) is 4.17. The number of nitrogens with one attached hydrogen (secondary N) is 2. The summed E-state index contributed by atoms with van der Waals surface area (Å²) in [6.07, 6.45) is 1.70. The number of primary sulfonamides is 1. The Morgan fingerprint density at radius 2 is 2.16 bits per heavy atom. The molecule has 1 aromatic heterocycles. The molecular formula is C11H15N5O2S. The Labute approximate surface area is 111 Å². The molecule has 1 aromatic carbocycles. The third-order valence-electron chi connectivity index (χ3n) is 2.76. The Bertz CT molecular complexity index is 693. The summed E-state index contributed by atoms with van der Waals surface area (Å²) in [5, 5.41) is 14.9. The van der Waals surface area contributed by atoms with E-state index >= 15 is 0 Å². The molecule has 0 amide bonds. The molecule has 8 heteroatoms. The van der Waals surface area contributed by atoms with Gasteiger partial charge in [0.1, 0.15) is 0 Å². The molecule has 0 fully saturated rings. The van der Waals surface area contributed by atoms with Gasteiger partial charge in [-0.3, -0.25) is 5.10 Å². The zero-order chi connectivity index (χ0) is 14.0. The second kappa shape index (κ2) is 4.90. The van der Waals surface area contributed by atoms with Crippen LogP contribution in [0.25, 0.3) is 0 Å². The lowest BCUT2D eigenvalue weighted by atomic mass is 10.2. The molecular weight excluding hydrogens is 266 g/mol. The van der Waals surface area contributed by atoms with Gasteiger partial charge in [-0.15, -0.1) is 0 Å². The predicted octanol–water partition coefficient (Wildman–Crippen LogP) is 0.560. The summed E-state index contributed by atoms with van der Waals surface area (Å²) in [4.78, 5) is 0.0214. The number of hydrogen-bond donors (Lipinski definition) is 4. The number of anilines is 2. The first-order chi connectivity index (χ1) is 8.88. The molecule has 0 aliphatic heterocycles. The summed E-state index contributed by atoms with van der Waals surface area (Å²) in [7, 11) is -3.74. The number of benzene rings is 1. The highest BCUT2D eigenvalue weighted by atomic mass is 32.2. The van der Waals surface area contributed by atoms with Crippen LogP contribution in [0.3, 0.4) is 0 Å². The third kappa shape index (κ3) is 3.04. The fourth-order valence-corrected chi connectivity index (χ4v) is 2.15. The summed E-state index contributed by atoms with van der Waals surface area (Å²) in [6, 6.07) is 4.29. The zero-order valence-corrected chi connectivity index (χ0v) is 11.2. The summed E-state index contributed by atoms with van der Waals surface area (Å²) < 4.78 is 22.6. The monoisotopic (exact) mass is 281 g/mol. The van der Waals surface area contributed by atoms with Crippen molar-refractivity contribution in [2.75, 3.05) is 11.1 Å². The van der Waals surface area contributed by atoms with Crippen LogP contribution in [0.5, 0.6) is 0 Å². The fraction of sp³-hybridized carbons (Fsp3) is 0.182. The first kappa shape index (κ1) is 13.4. The van der Waals surface area contributed by atoms with Crippen molar-refractivity contribution in [1.82, 2.24) is 10.2 Å². The first-order valence-corrected chi connectivity index (χ1v) is 7.07. The number of aromatic nitrogens is 2. The SMILES string of the molecule is Cc1[nH]ncc1CNc1cc(S(N)(=O)=O)ccc1N. The van der Waals surface area contributed by atoms with Crippen LogP contribution in [0.4, 0.5) is 11.4 Å². The van der Waals surface area contributed by atoms with E-state index in [0.29, 0.717) is 17.9 Å². The standard InChI is InChI=1S/C11H15N5O2S/c1-7-8(6-15-16-7)5-14-11-4-9(19(13,17)18)2-3-10(11)12/h2-4,6,14H,5,12H2,1H3,(H,15,16)(H2,13,17,18). The number of aryl methyl sites for hydroxylation is 1. The molecule has 0 aliphatic rings. The van der Waals surface area contributed by atoms with Crippen LogP contribution in [0.1, 0.15) is 11.3 Å². The Hall–Kier alpha value is -2.06. The van der Waals surface area contributed by atoms with Crippen molar-refractivity contribution in [2.24, 2.45) is 5.14 Å². The van der Waals surface area contributed by atoms with E-state index in [0.717, 1.165) is 11.3 Å². The van der Waals surface area contributed by atoms with E-state index in [9.17, 15) is 8.42 Å². The first-order valence-electron chi connectivity index (χ1n) is 5.53. The number of hydrogen-bond acceptors (Lipinski definition) is 5. The molecule has 19 heavy (non-hydrogen) atoms. The molecule has 0 aliphatic carbocycles. The largest absolute Gasteiger partial charge is 0.397 e. The van der Waals surface area contributed by atoms with Crippen LogP contribution in [0.2, 0.25) is 0 Å². The predicted molar refractivity (Wildman–Crippen MR) is 72.9 cm³/mol. The number of nitrogens with zero attached hydrogens (tertiary/aromatic N) is 1. The molecule has 0 bridgehead atoms. The molecule has 6 N–H and O–H groups in total. The van der Waals surface area contributed by atoms with E-state index in [-0.39, 0.29) is 4.90 Å². The summed E-state index contributed by atoms with van der Waals surface area (Å²) in [6.45, 7) is 2.38. The van der Waals surface area contributed by atoms with E-state index in [4.69, 9.17) is 10.9 Å². The average Bonchev–Trinajstić information content (AvgIpc) is 2.72. The lowest BCUT2D eigenvalue weighted by molar-refractivity contribution is 0.598. The topological polar surface area (TPSA) is 127 Å². The fourth-order valence-electron chi connectivity index (χ4n) is 1.61. The van der Waals surface area contributed by atoms with Gasteiger partial charge in [0.05, 0.1) is 22.5 Å². The van der Waals surface area contributed by atoms with Gasteiger partial charge in [0.25, 0.3) is 0 Å². The summed E-state index contributed by atoms with van der Waals surface area (Å²) in [5.41, 5.74) is 8.67. The minimum atomic E-state index is -3.74. The van der Waals surface area contributed by atoms with Crippen LogP contribution < -0.4 is 16.2 Å². The van der Waals surface area contributed by atoms with Crippen LogP contribution in [0.15, 0.2) is 29.3 Å². The number of sulfonamides is 1. The minimum absolute atomic E-state index is 0.0214. The van der Waals surface area contributed by atoms with Crippen molar-refractivity contribution in [2.45, 2.75) is 18.4 Å². The van der Waals surface area contributed by atoms with Crippen molar-refractivity contribution in [3.63, 3.8) is 0 Å². The van der Waals surface area contributed by atoms with Crippen molar-refractivity contribution < 1.29 is 8.42 Å². The molecule has 0 radical (unpaired) electrons. The molecule has 0 atom stereocenters. The van der Waals surface area contributed by atoms with Gasteiger partial charge in [-0.2, -0.15) is 5.10 Å². The Kier molecular flexibility index (Phi) is 3.45. The normalized spacial score (nSPS) is 11.5. The van der Waals surface area contributed by atoms with Crippen LogP contribution in [-0.4, -0.2) is 18.6 Å². The van der Waals surface area contributed by atoms with E-state index in [1.165, 1.54) is 18.2 Å². The van der Waals surface area contributed by atoms with Gasteiger partial charge in [0.15, 0.2) is 0 Å². The van der Waals surface area contributed by atoms with Crippen LogP contribution >= 0.6 is 0 Å². The van der Waals surface area contributed by atoms with E-state index in [1.807, 2.05) is 6.92 Å². The van der Waals surface area contributed by atoms with E-state index < -0.39 is 10.0 Å². The van der Waals surface area contributed by atoms with Crippen LogP contribution in [-0.2, 0) is 16.6 Å².